The Bertz CT molecular complexity index is 186. The number of hydrogen-bond acceptors (Lipinski definition) is 0. The highest BCUT2D eigenvalue weighted by atomic mass is 14.2. The van der Waals surface area contributed by atoms with Gasteiger partial charge in [0.15, 0.2) is 0 Å². The van der Waals surface area contributed by atoms with Crippen molar-refractivity contribution in [1.82, 2.24) is 0 Å². The molecule has 1 aliphatic rings. The lowest BCUT2D eigenvalue weighted by atomic mass is 9.84. The zero-order valence-electron chi connectivity index (χ0n) is 8.40. The van der Waals surface area contributed by atoms with Crippen LogP contribution >= 0.6 is 0 Å². The molecule has 1 aliphatic carbocycles. The van der Waals surface area contributed by atoms with Crippen molar-refractivity contribution in [3.05, 3.63) is 23.8 Å². The molecule has 0 saturated carbocycles. The highest BCUT2D eigenvalue weighted by molar-refractivity contribution is 5.11. The van der Waals surface area contributed by atoms with Crippen molar-refractivity contribution in [2.24, 2.45) is 5.92 Å². The van der Waals surface area contributed by atoms with Gasteiger partial charge in [-0.15, -0.1) is 0 Å². The van der Waals surface area contributed by atoms with E-state index >= 15 is 0 Å². The topological polar surface area (TPSA) is 0 Å². The maximum Gasteiger partial charge on any atom is -0.0171 e. The third-order valence-electron chi connectivity index (χ3n) is 2.77. The van der Waals surface area contributed by atoms with Gasteiger partial charge in [-0.2, -0.15) is 0 Å². The van der Waals surface area contributed by atoms with Gasteiger partial charge in [-0.25, -0.2) is 0 Å². The minimum atomic E-state index is 0.769. The van der Waals surface area contributed by atoms with Crippen LogP contribution in [-0.2, 0) is 0 Å². The molecule has 0 saturated heterocycles. The van der Waals surface area contributed by atoms with Gasteiger partial charge in [-0.1, -0.05) is 37.1 Å². The molecule has 0 N–H and O–H groups in total. The lowest BCUT2D eigenvalue weighted by molar-refractivity contribution is 0.530. The first-order chi connectivity index (χ1) is 5.74. The van der Waals surface area contributed by atoms with Crippen LogP contribution in [0.1, 0.15) is 46.0 Å². The second kappa shape index (κ2) is 4.49. The highest BCUT2D eigenvalue weighted by Gasteiger charge is 2.13. The molecule has 0 aromatic heterocycles. The van der Waals surface area contributed by atoms with E-state index < -0.39 is 0 Å². The second-order valence-electron chi connectivity index (χ2n) is 3.93. The molecule has 0 aromatic carbocycles. The molecule has 0 heteroatoms. The minimum Gasteiger partial charge on any atom is -0.0998 e. The maximum absolute atomic E-state index is 4.02. The van der Waals surface area contributed by atoms with Gasteiger partial charge >= 0.3 is 0 Å². The fraction of sp³-hybridized carbons (Fsp3) is 0.667. The molecule has 0 unspecified atom stereocenters. The third kappa shape index (κ3) is 2.51. The lowest BCUT2D eigenvalue weighted by Crippen LogP contribution is -2.06. The summed E-state index contributed by atoms with van der Waals surface area (Å²) in [6.07, 6.45) is 8.93. The van der Waals surface area contributed by atoms with Crippen LogP contribution in [-0.4, -0.2) is 0 Å². The molecule has 12 heavy (non-hydrogen) atoms. The Morgan fingerprint density at radius 1 is 1.67 bits per heavy atom. The van der Waals surface area contributed by atoms with Gasteiger partial charge in [0.05, 0.1) is 0 Å². The van der Waals surface area contributed by atoms with E-state index in [1.54, 1.807) is 5.57 Å². The van der Waals surface area contributed by atoms with E-state index in [9.17, 15) is 0 Å². The Morgan fingerprint density at radius 2 is 2.42 bits per heavy atom. The zero-order chi connectivity index (χ0) is 8.97. The predicted molar refractivity (Wildman–Crippen MR) is 55.1 cm³/mol. The van der Waals surface area contributed by atoms with E-state index in [0.717, 1.165) is 5.92 Å². The second-order valence-corrected chi connectivity index (χ2v) is 3.93. The Morgan fingerprint density at radius 3 is 2.83 bits per heavy atom. The molecule has 0 amide bonds. The Balaban J connectivity index is 2.42. The predicted octanol–water partition coefficient (Wildman–Crippen LogP) is 4.09. The maximum atomic E-state index is 4.02. The third-order valence-corrected chi connectivity index (χ3v) is 2.77. The zero-order valence-corrected chi connectivity index (χ0v) is 8.40. The summed E-state index contributed by atoms with van der Waals surface area (Å²) in [5.41, 5.74) is 3.04. The van der Waals surface area contributed by atoms with Gasteiger partial charge in [0, 0.05) is 0 Å². The Hall–Kier alpha value is -0.520. The molecule has 0 bridgehead atoms. The largest absolute Gasteiger partial charge is 0.0998 e. The van der Waals surface area contributed by atoms with Crippen molar-refractivity contribution >= 4 is 0 Å². The first-order valence-corrected chi connectivity index (χ1v) is 5.07. The average Bonchev–Trinajstić information content (AvgIpc) is 2.06. The van der Waals surface area contributed by atoms with Crippen LogP contribution < -0.4 is 0 Å². The van der Waals surface area contributed by atoms with E-state index in [1.807, 2.05) is 0 Å². The van der Waals surface area contributed by atoms with Crippen LogP contribution in [0.25, 0.3) is 0 Å². The molecule has 0 radical (unpaired) electrons. The number of allylic oxidation sites excluding steroid dienone is 3. The molecule has 68 valence electrons. The van der Waals surface area contributed by atoms with Crippen LogP contribution in [0, 0.1) is 5.92 Å². The monoisotopic (exact) mass is 164 g/mol. The van der Waals surface area contributed by atoms with E-state index in [0.29, 0.717) is 0 Å². The summed E-state index contributed by atoms with van der Waals surface area (Å²) in [5.74, 6) is 0.769. The summed E-state index contributed by atoms with van der Waals surface area (Å²) in [7, 11) is 0. The van der Waals surface area contributed by atoms with E-state index in [4.69, 9.17) is 0 Å². The molecule has 1 rings (SSSR count). The molecule has 0 aliphatic heterocycles. The summed E-state index contributed by atoms with van der Waals surface area (Å²) in [6, 6.07) is 0. The normalized spacial score (nSPS) is 23.5. The Kier molecular flexibility index (Phi) is 3.58. The summed E-state index contributed by atoms with van der Waals surface area (Å²) in [5, 5.41) is 0. The van der Waals surface area contributed by atoms with Crippen molar-refractivity contribution < 1.29 is 0 Å². The molecular weight excluding hydrogens is 144 g/mol. The number of hydrogen-bond donors (Lipinski definition) is 0. The van der Waals surface area contributed by atoms with Crippen LogP contribution in [0.4, 0.5) is 0 Å². The van der Waals surface area contributed by atoms with Gasteiger partial charge in [0.1, 0.15) is 0 Å². The molecule has 0 heterocycles. The fourth-order valence-electron chi connectivity index (χ4n) is 1.88. The highest BCUT2D eigenvalue weighted by Crippen LogP contribution is 2.29. The van der Waals surface area contributed by atoms with Gasteiger partial charge in [-0.3, -0.25) is 0 Å². The molecule has 0 fully saturated rings. The van der Waals surface area contributed by atoms with E-state index in [2.05, 4.69) is 26.5 Å². The quantitative estimate of drug-likeness (QED) is 0.551. The summed E-state index contributed by atoms with van der Waals surface area (Å²) in [4.78, 5) is 0. The van der Waals surface area contributed by atoms with Crippen molar-refractivity contribution in [2.75, 3.05) is 0 Å². The van der Waals surface area contributed by atoms with E-state index in [1.165, 1.54) is 37.7 Å². The summed E-state index contributed by atoms with van der Waals surface area (Å²) < 4.78 is 0. The molecule has 0 nitrogen and oxygen atoms in total. The molecular formula is C12H20. The van der Waals surface area contributed by atoms with Gasteiger partial charge in [0.2, 0.25) is 0 Å². The molecule has 0 spiro atoms. The standard InChI is InChI=1S/C12H20/c1-4-5-11-6-8-12(9-7-11)10(2)3/h6,12H,2,4-5,7-9H2,1,3H3/t12-/m1/s1. The number of rotatable bonds is 3. The van der Waals surface area contributed by atoms with Crippen LogP contribution in [0.15, 0.2) is 23.8 Å². The van der Waals surface area contributed by atoms with Crippen LogP contribution in [0.3, 0.4) is 0 Å². The summed E-state index contributed by atoms with van der Waals surface area (Å²) >= 11 is 0. The first-order valence-electron chi connectivity index (χ1n) is 5.07. The minimum absolute atomic E-state index is 0.769. The smallest absolute Gasteiger partial charge is 0.0171 e. The van der Waals surface area contributed by atoms with Gasteiger partial charge in [0.25, 0.3) is 0 Å². The first kappa shape index (κ1) is 9.57. The molecule has 0 aromatic rings. The van der Waals surface area contributed by atoms with Gasteiger partial charge < -0.3 is 0 Å². The van der Waals surface area contributed by atoms with Crippen molar-refractivity contribution in [3.63, 3.8) is 0 Å². The van der Waals surface area contributed by atoms with Crippen molar-refractivity contribution in [2.45, 2.75) is 46.0 Å². The van der Waals surface area contributed by atoms with Crippen LogP contribution in [0.5, 0.6) is 0 Å². The van der Waals surface area contributed by atoms with Crippen molar-refractivity contribution in [1.29, 1.82) is 0 Å². The summed E-state index contributed by atoms with van der Waals surface area (Å²) in [6.45, 7) is 8.43. The lowest BCUT2D eigenvalue weighted by Gasteiger charge is -2.21. The van der Waals surface area contributed by atoms with Gasteiger partial charge in [-0.05, 0) is 38.5 Å². The van der Waals surface area contributed by atoms with E-state index in [-0.39, 0.29) is 0 Å². The SMILES string of the molecule is C=C(C)[C@@H]1CC=C(CCC)CC1. The average molecular weight is 164 g/mol. The molecule has 1 atom stereocenters. The fourth-order valence-corrected chi connectivity index (χ4v) is 1.88. The Labute approximate surface area is 76.4 Å². The van der Waals surface area contributed by atoms with Crippen molar-refractivity contribution in [3.8, 4) is 0 Å². The van der Waals surface area contributed by atoms with Crippen LogP contribution in [0.2, 0.25) is 0 Å².